The Labute approximate surface area is 121 Å². The van der Waals surface area contributed by atoms with Crippen molar-refractivity contribution in [3.8, 4) is 0 Å². The summed E-state index contributed by atoms with van der Waals surface area (Å²) < 4.78 is 0. The van der Waals surface area contributed by atoms with Gasteiger partial charge in [0.05, 0.1) is 10.4 Å². The number of thiocarbonyl (C=S) groups is 1. The normalized spacial score (nSPS) is 33.9. The van der Waals surface area contributed by atoms with Crippen LogP contribution in [0.3, 0.4) is 0 Å². The van der Waals surface area contributed by atoms with E-state index < -0.39 is 5.41 Å². The van der Waals surface area contributed by atoms with Gasteiger partial charge in [0.15, 0.2) is 0 Å². The van der Waals surface area contributed by atoms with Crippen LogP contribution in [0.25, 0.3) is 0 Å². The van der Waals surface area contributed by atoms with E-state index in [2.05, 4.69) is 19.2 Å². The molecule has 3 N–H and O–H groups in total. The number of nitrogens with two attached hydrogens (primary N) is 1. The fourth-order valence-corrected chi connectivity index (χ4v) is 4.25. The first kappa shape index (κ1) is 14.8. The van der Waals surface area contributed by atoms with Gasteiger partial charge in [-0.15, -0.1) is 0 Å². The molecule has 1 amide bonds. The molecule has 2 atom stereocenters. The van der Waals surface area contributed by atoms with Crippen molar-refractivity contribution in [3.63, 3.8) is 0 Å². The molecule has 0 radical (unpaired) electrons. The van der Waals surface area contributed by atoms with Crippen LogP contribution in [0.5, 0.6) is 0 Å². The summed E-state index contributed by atoms with van der Waals surface area (Å²) in [7, 11) is 0. The van der Waals surface area contributed by atoms with Gasteiger partial charge in [-0.2, -0.15) is 0 Å². The van der Waals surface area contributed by atoms with Crippen molar-refractivity contribution in [3.05, 3.63) is 0 Å². The number of carbonyl (C=O) groups is 1. The van der Waals surface area contributed by atoms with Crippen LogP contribution >= 0.6 is 12.2 Å². The summed E-state index contributed by atoms with van der Waals surface area (Å²) in [6, 6.07) is 0.304. The quantitative estimate of drug-likeness (QED) is 0.783. The van der Waals surface area contributed by atoms with Gasteiger partial charge in [0.25, 0.3) is 0 Å². The standard InChI is InChI=1S/C15H26N2OS/c1-10-7-11(2)9-12(8-10)17-14(18)15(13(16)19)5-3-4-6-15/h10-12H,3-9H2,1-2H3,(H2,16,19)(H,17,18). The van der Waals surface area contributed by atoms with Gasteiger partial charge in [0, 0.05) is 6.04 Å². The van der Waals surface area contributed by atoms with Crippen LogP contribution in [0.1, 0.15) is 58.8 Å². The molecule has 2 fully saturated rings. The summed E-state index contributed by atoms with van der Waals surface area (Å²) in [5.41, 5.74) is 5.31. The zero-order chi connectivity index (χ0) is 14.0. The van der Waals surface area contributed by atoms with Gasteiger partial charge >= 0.3 is 0 Å². The third kappa shape index (κ3) is 3.10. The molecular weight excluding hydrogens is 256 g/mol. The minimum atomic E-state index is -0.556. The summed E-state index contributed by atoms with van der Waals surface area (Å²) in [6.07, 6.45) is 7.21. The molecule has 2 rings (SSSR count). The fraction of sp³-hybridized carbons (Fsp3) is 0.867. The van der Waals surface area contributed by atoms with Crippen molar-refractivity contribution < 1.29 is 4.79 Å². The number of rotatable bonds is 3. The maximum Gasteiger partial charge on any atom is 0.233 e. The van der Waals surface area contributed by atoms with Crippen molar-refractivity contribution in [2.75, 3.05) is 0 Å². The first-order valence-corrected chi connectivity index (χ1v) is 7.96. The zero-order valence-electron chi connectivity index (χ0n) is 12.1. The van der Waals surface area contributed by atoms with Crippen molar-refractivity contribution >= 4 is 23.1 Å². The molecule has 0 saturated heterocycles. The van der Waals surface area contributed by atoms with E-state index in [4.69, 9.17) is 18.0 Å². The fourth-order valence-electron chi connectivity index (χ4n) is 3.95. The van der Waals surface area contributed by atoms with Crippen molar-refractivity contribution in [2.24, 2.45) is 23.0 Å². The molecule has 0 aliphatic heterocycles. The van der Waals surface area contributed by atoms with Crippen LogP contribution in [0.2, 0.25) is 0 Å². The molecule has 0 spiro atoms. The van der Waals surface area contributed by atoms with E-state index in [1.807, 2.05) is 0 Å². The van der Waals surface area contributed by atoms with Gasteiger partial charge in [0.2, 0.25) is 5.91 Å². The molecule has 2 aliphatic carbocycles. The maximum atomic E-state index is 12.6. The average molecular weight is 282 g/mol. The van der Waals surface area contributed by atoms with Crippen LogP contribution in [-0.2, 0) is 4.79 Å². The van der Waals surface area contributed by atoms with Gasteiger partial charge < -0.3 is 11.1 Å². The monoisotopic (exact) mass is 282 g/mol. The summed E-state index contributed by atoms with van der Waals surface area (Å²) in [5, 5.41) is 3.24. The average Bonchev–Trinajstić information content (AvgIpc) is 2.77. The zero-order valence-corrected chi connectivity index (χ0v) is 12.9. The summed E-state index contributed by atoms with van der Waals surface area (Å²) >= 11 is 5.17. The number of nitrogens with one attached hydrogen (secondary N) is 1. The highest BCUT2D eigenvalue weighted by Crippen LogP contribution is 2.39. The molecule has 4 heteroatoms. The van der Waals surface area contributed by atoms with Crippen LogP contribution in [0, 0.1) is 17.3 Å². The summed E-state index contributed by atoms with van der Waals surface area (Å²) in [4.78, 5) is 13.0. The molecule has 108 valence electrons. The minimum absolute atomic E-state index is 0.0869. The first-order valence-electron chi connectivity index (χ1n) is 7.55. The smallest absolute Gasteiger partial charge is 0.233 e. The molecule has 0 aromatic carbocycles. The third-order valence-corrected chi connectivity index (χ3v) is 5.27. The lowest BCUT2D eigenvalue weighted by atomic mass is 9.79. The lowest BCUT2D eigenvalue weighted by Gasteiger charge is -2.35. The van der Waals surface area contributed by atoms with E-state index in [0.29, 0.717) is 22.9 Å². The summed E-state index contributed by atoms with van der Waals surface area (Å²) in [6.45, 7) is 4.54. The second kappa shape index (κ2) is 5.78. The van der Waals surface area contributed by atoms with Gasteiger partial charge in [-0.1, -0.05) is 38.9 Å². The summed E-state index contributed by atoms with van der Waals surface area (Å²) in [5.74, 6) is 1.47. The number of amides is 1. The molecule has 2 saturated carbocycles. The Morgan fingerprint density at radius 2 is 1.68 bits per heavy atom. The van der Waals surface area contributed by atoms with E-state index in [1.165, 1.54) is 6.42 Å². The Morgan fingerprint density at radius 1 is 1.16 bits per heavy atom. The van der Waals surface area contributed by atoms with E-state index >= 15 is 0 Å². The molecule has 2 aliphatic rings. The van der Waals surface area contributed by atoms with Crippen LogP contribution < -0.4 is 11.1 Å². The Bertz CT molecular complexity index is 353. The molecule has 0 heterocycles. The predicted molar refractivity (Wildman–Crippen MR) is 81.8 cm³/mol. The molecular formula is C15H26N2OS. The van der Waals surface area contributed by atoms with Gasteiger partial charge in [0.1, 0.15) is 0 Å². The molecule has 2 unspecified atom stereocenters. The van der Waals surface area contributed by atoms with Crippen LogP contribution in [0.15, 0.2) is 0 Å². The highest BCUT2D eigenvalue weighted by molar-refractivity contribution is 7.80. The molecule has 0 aromatic rings. The van der Waals surface area contributed by atoms with Crippen molar-refractivity contribution in [1.82, 2.24) is 5.32 Å². The molecule has 0 aromatic heterocycles. The Kier molecular flexibility index (Phi) is 4.49. The van der Waals surface area contributed by atoms with E-state index in [0.717, 1.165) is 38.5 Å². The van der Waals surface area contributed by atoms with Gasteiger partial charge in [-0.05, 0) is 43.9 Å². The van der Waals surface area contributed by atoms with E-state index in [1.54, 1.807) is 0 Å². The largest absolute Gasteiger partial charge is 0.392 e. The second-order valence-electron chi connectivity index (χ2n) is 6.74. The first-order chi connectivity index (χ1) is 8.94. The lowest BCUT2D eigenvalue weighted by Crippen LogP contribution is -2.51. The SMILES string of the molecule is CC1CC(C)CC(NC(=O)C2(C(N)=S)CCCC2)C1. The second-order valence-corrected chi connectivity index (χ2v) is 7.18. The number of hydrogen-bond acceptors (Lipinski definition) is 2. The van der Waals surface area contributed by atoms with Crippen molar-refractivity contribution in [2.45, 2.75) is 64.8 Å². The van der Waals surface area contributed by atoms with E-state index in [-0.39, 0.29) is 5.91 Å². The van der Waals surface area contributed by atoms with Crippen LogP contribution in [-0.4, -0.2) is 16.9 Å². The van der Waals surface area contributed by atoms with Crippen LogP contribution in [0.4, 0.5) is 0 Å². The highest BCUT2D eigenvalue weighted by atomic mass is 32.1. The minimum Gasteiger partial charge on any atom is -0.392 e. The molecule has 3 nitrogen and oxygen atoms in total. The molecule has 19 heavy (non-hydrogen) atoms. The Morgan fingerprint density at radius 3 is 2.16 bits per heavy atom. The van der Waals surface area contributed by atoms with Gasteiger partial charge in [-0.25, -0.2) is 0 Å². The van der Waals surface area contributed by atoms with Crippen molar-refractivity contribution in [1.29, 1.82) is 0 Å². The Hall–Kier alpha value is -0.640. The number of hydrogen-bond donors (Lipinski definition) is 2. The maximum absolute atomic E-state index is 12.6. The number of carbonyl (C=O) groups excluding carboxylic acids is 1. The molecule has 0 bridgehead atoms. The highest BCUT2D eigenvalue weighted by Gasteiger charge is 2.44. The lowest BCUT2D eigenvalue weighted by molar-refractivity contribution is -0.128. The van der Waals surface area contributed by atoms with Gasteiger partial charge in [-0.3, -0.25) is 4.79 Å². The predicted octanol–water partition coefficient (Wildman–Crippen LogP) is 2.77. The Balaban J connectivity index is 2.01. The topological polar surface area (TPSA) is 55.1 Å². The van der Waals surface area contributed by atoms with E-state index in [9.17, 15) is 4.79 Å². The third-order valence-electron chi connectivity index (χ3n) is 4.88.